The Labute approximate surface area is 130 Å². The maximum absolute atomic E-state index is 12.1. The minimum atomic E-state index is -0.137. The van der Waals surface area contributed by atoms with Crippen molar-refractivity contribution in [3.63, 3.8) is 0 Å². The van der Waals surface area contributed by atoms with Crippen LogP contribution in [0.15, 0.2) is 29.2 Å². The number of methoxy groups -OCH3 is 1. The molecule has 0 aromatic heterocycles. The SMILES string of the molecule is COc1ccc(SCCC(=O)NC2(CN)CCCC2)cc1. The lowest BCUT2D eigenvalue weighted by Gasteiger charge is -2.28. The second-order valence-electron chi connectivity index (χ2n) is 5.51. The zero-order chi connectivity index (χ0) is 15.1. The van der Waals surface area contributed by atoms with Gasteiger partial charge in [-0.1, -0.05) is 12.8 Å². The predicted octanol–water partition coefficient (Wildman–Crippen LogP) is 2.57. The van der Waals surface area contributed by atoms with Gasteiger partial charge in [-0.15, -0.1) is 11.8 Å². The molecule has 0 atom stereocenters. The predicted molar refractivity (Wildman–Crippen MR) is 86.7 cm³/mol. The molecular formula is C16H24N2O2S. The molecule has 116 valence electrons. The molecule has 0 bridgehead atoms. The Morgan fingerprint density at radius 1 is 1.33 bits per heavy atom. The van der Waals surface area contributed by atoms with Crippen LogP contribution < -0.4 is 15.8 Å². The van der Waals surface area contributed by atoms with E-state index in [-0.39, 0.29) is 11.4 Å². The van der Waals surface area contributed by atoms with E-state index in [0.29, 0.717) is 13.0 Å². The lowest BCUT2D eigenvalue weighted by atomic mass is 9.98. The summed E-state index contributed by atoms with van der Waals surface area (Å²) < 4.78 is 5.12. The molecule has 5 heteroatoms. The fraction of sp³-hybridized carbons (Fsp3) is 0.562. The van der Waals surface area contributed by atoms with Gasteiger partial charge in [-0.05, 0) is 37.1 Å². The summed E-state index contributed by atoms with van der Waals surface area (Å²) in [4.78, 5) is 13.2. The van der Waals surface area contributed by atoms with Crippen LogP contribution in [0, 0.1) is 0 Å². The van der Waals surface area contributed by atoms with E-state index in [1.807, 2.05) is 24.3 Å². The molecule has 2 rings (SSSR count). The van der Waals surface area contributed by atoms with Crippen molar-refractivity contribution in [3.8, 4) is 5.75 Å². The second-order valence-corrected chi connectivity index (χ2v) is 6.68. The molecule has 1 aliphatic rings. The van der Waals surface area contributed by atoms with Crippen LogP contribution in [0.3, 0.4) is 0 Å². The normalized spacial score (nSPS) is 16.7. The van der Waals surface area contributed by atoms with Crippen molar-refractivity contribution in [2.45, 2.75) is 42.5 Å². The number of carbonyl (C=O) groups excluding carboxylic acids is 1. The standard InChI is InChI=1S/C16H24N2O2S/c1-20-13-4-6-14(7-5-13)21-11-8-15(19)18-16(12-17)9-2-3-10-16/h4-7H,2-3,8-12,17H2,1H3,(H,18,19). The van der Waals surface area contributed by atoms with Crippen molar-refractivity contribution in [3.05, 3.63) is 24.3 Å². The molecular weight excluding hydrogens is 284 g/mol. The molecule has 1 saturated carbocycles. The van der Waals surface area contributed by atoms with Crippen LogP contribution in [-0.2, 0) is 4.79 Å². The van der Waals surface area contributed by atoms with Crippen molar-refractivity contribution < 1.29 is 9.53 Å². The number of hydrogen-bond acceptors (Lipinski definition) is 4. The highest BCUT2D eigenvalue weighted by atomic mass is 32.2. The van der Waals surface area contributed by atoms with Crippen molar-refractivity contribution in [2.24, 2.45) is 5.73 Å². The molecule has 0 radical (unpaired) electrons. The van der Waals surface area contributed by atoms with Crippen LogP contribution in [0.4, 0.5) is 0 Å². The average molecular weight is 308 g/mol. The van der Waals surface area contributed by atoms with Gasteiger partial charge in [0.05, 0.1) is 12.6 Å². The smallest absolute Gasteiger partial charge is 0.221 e. The maximum atomic E-state index is 12.1. The van der Waals surface area contributed by atoms with Gasteiger partial charge in [-0.25, -0.2) is 0 Å². The van der Waals surface area contributed by atoms with Gasteiger partial charge >= 0.3 is 0 Å². The van der Waals surface area contributed by atoms with E-state index < -0.39 is 0 Å². The fourth-order valence-electron chi connectivity index (χ4n) is 2.72. The Morgan fingerprint density at radius 3 is 2.57 bits per heavy atom. The third-order valence-electron chi connectivity index (χ3n) is 4.01. The zero-order valence-corrected chi connectivity index (χ0v) is 13.4. The number of benzene rings is 1. The molecule has 4 nitrogen and oxygen atoms in total. The number of hydrogen-bond donors (Lipinski definition) is 2. The second kappa shape index (κ2) is 7.71. The largest absolute Gasteiger partial charge is 0.497 e. The van der Waals surface area contributed by atoms with Crippen LogP contribution in [0.2, 0.25) is 0 Å². The maximum Gasteiger partial charge on any atom is 0.221 e. The molecule has 1 aromatic rings. The van der Waals surface area contributed by atoms with Crippen LogP contribution in [0.1, 0.15) is 32.1 Å². The average Bonchev–Trinajstić information content (AvgIpc) is 2.97. The minimum Gasteiger partial charge on any atom is -0.497 e. The number of nitrogens with one attached hydrogen (secondary N) is 1. The molecule has 0 unspecified atom stereocenters. The van der Waals surface area contributed by atoms with E-state index in [4.69, 9.17) is 10.5 Å². The van der Waals surface area contributed by atoms with E-state index in [1.165, 1.54) is 0 Å². The van der Waals surface area contributed by atoms with Crippen molar-refractivity contribution in [2.75, 3.05) is 19.4 Å². The van der Waals surface area contributed by atoms with Crippen LogP contribution in [0.5, 0.6) is 5.75 Å². The Balaban J connectivity index is 1.73. The van der Waals surface area contributed by atoms with Crippen LogP contribution in [0.25, 0.3) is 0 Å². The van der Waals surface area contributed by atoms with E-state index in [0.717, 1.165) is 42.1 Å². The van der Waals surface area contributed by atoms with Gasteiger partial charge in [0.25, 0.3) is 0 Å². The van der Waals surface area contributed by atoms with E-state index in [1.54, 1.807) is 18.9 Å². The third-order valence-corrected chi connectivity index (χ3v) is 5.03. The topological polar surface area (TPSA) is 64.3 Å². The highest BCUT2D eigenvalue weighted by Gasteiger charge is 2.33. The molecule has 1 aliphatic carbocycles. The highest BCUT2D eigenvalue weighted by molar-refractivity contribution is 7.99. The lowest BCUT2D eigenvalue weighted by molar-refractivity contribution is -0.122. The Kier molecular flexibility index (Phi) is 5.94. The zero-order valence-electron chi connectivity index (χ0n) is 12.6. The summed E-state index contributed by atoms with van der Waals surface area (Å²) in [5, 5.41) is 3.15. The molecule has 0 spiro atoms. The Morgan fingerprint density at radius 2 is 2.00 bits per heavy atom. The summed E-state index contributed by atoms with van der Waals surface area (Å²) in [5.74, 6) is 1.74. The van der Waals surface area contributed by atoms with Crippen LogP contribution >= 0.6 is 11.8 Å². The van der Waals surface area contributed by atoms with Gasteiger partial charge in [-0.2, -0.15) is 0 Å². The first-order valence-corrected chi connectivity index (χ1v) is 8.44. The van der Waals surface area contributed by atoms with Gasteiger partial charge < -0.3 is 15.8 Å². The number of ether oxygens (including phenoxy) is 1. The molecule has 0 saturated heterocycles. The monoisotopic (exact) mass is 308 g/mol. The van der Waals surface area contributed by atoms with Gasteiger partial charge in [0.1, 0.15) is 5.75 Å². The Bertz CT molecular complexity index is 456. The number of rotatable bonds is 7. The van der Waals surface area contributed by atoms with E-state index in [2.05, 4.69) is 5.32 Å². The van der Waals surface area contributed by atoms with Gasteiger partial charge in [0.15, 0.2) is 0 Å². The summed E-state index contributed by atoms with van der Waals surface area (Å²) in [7, 11) is 1.66. The van der Waals surface area contributed by atoms with Gasteiger partial charge in [0, 0.05) is 23.6 Å². The van der Waals surface area contributed by atoms with Gasteiger partial charge in [0.2, 0.25) is 5.91 Å². The minimum absolute atomic E-state index is 0.114. The number of nitrogens with two attached hydrogens (primary N) is 1. The highest BCUT2D eigenvalue weighted by Crippen LogP contribution is 2.29. The van der Waals surface area contributed by atoms with Crippen molar-refractivity contribution in [1.82, 2.24) is 5.32 Å². The first kappa shape index (κ1) is 16.2. The molecule has 0 aliphatic heterocycles. The number of carbonyl (C=O) groups is 1. The summed E-state index contributed by atoms with van der Waals surface area (Å²) in [6.45, 7) is 0.546. The first-order valence-electron chi connectivity index (χ1n) is 7.45. The summed E-state index contributed by atoms with van der Waals surface area (Å²) in [6, 6.07) is 7.90. The number of amides is 1. The summed E-state index contributed by atoms with van der Waals surface area (Å²) in [6.07, 6.45) is 4.89. The van der Waals surface area contributed by atoms with Crippen LogP contribution in [-0.4, -0.2) is 30.9 Å². The quantitative estimate of drug-likeness (QED) is 0.760. The van der Waals surface area contributed by atoms with E-state index >= 15 is 0 Å². The first-order chi connectivity index (χ1) is 10.2. The van der Waals surface area contributed by atoms with Gasteiger partial charge in [-0.3, -0.25) is 4.79 Å². The third kappa shape index (κ3) is 4.64. The fourth-order valence-corrected chi connectivity index (χ4v) is 3.58. The van der Waals surface area contributed by atoms with Crippen molar-refractivity contribution in [1.29, 1.82) is 0 Å². The Hall–Kier alpha value is -1.20. The molecule has 21 heavy (non-hydrogen) atoms. The van der Waals surface area contributed by atoms with Crippen molar-refractivity contribution >= 4 is 17.7 Å². The molecule has 1 amide bonds. The molecule has 1 fully saturated rings. The molecule has 1 aromatic carbocycles. The summed E-state index contributed by atoms with van der Waals surface area (Å²) in [5.41, 5.74) is 5.70. The lowest BCUT2D eigenvalue weighted by Crippen LogP contribution is -2.51. The van der Waals surface area contributed by atoms with E-state index in [9.17, 15) is 4.79 Å². The number of thioether (sulfide) groups is 1. The summed E-state index contributed by atoms with van der Waals surface area (Å²) >= 11 is 1.68. The molecule has 3 N–H and O–H groups in total. The molecule has 0 heterocycles.